The molecule has 2 unspecified atom stereocenters. The number of amides is 1. The van der Waals surface area contributed by atoms with Gasteiger partial charge in [-0.05, 0) is 25.7 Å². The van der Waals surface area contributed by atoms with E-state index in [1.165, 1.54) is 0 Å². The number of likely N-dealkylation sites (tertiary alicyclic amines) is 1. The van der Waals surface area contributed by atoms with E-state index in [2.05, 4.69) is 0 Å². The average Bonchev–Trinajstić information content (AvgIpc) is 2.27. The number of hydrogen-bond donors (Lipinski definition) is 0. The summed E-state index contributed by atoms with van der Waals surface area (Å²) < 4.78 is 13.9. The van der Waals surface area contributed by atoms with Crippen molar-refractivity contribution in [1.82, 2.24) is 4.90 Å². The van der Waals surface area contributed by atoms with E-state index < -0.39 is 5.67 Å². The molecule has 0 aromatic carbocycles. The molecular formula is C10H17ClFNO. The fraction of sp³-hybridized carbons (Fsp3) is 0.900. The first-order chi connectivity index (χ1) is 6.47. The summed E-state index contributed by atoms with van der Waals surface area (Å²) >= 11 is 5.46. The van der Waals surface area contributed by atoms with E-state index in [0.717, 1.165) is 6.42 Å². The van der Waals surface area contributed by atoms with E-state index in [1.54, 1.807) is 11.8 Å². The third-order valence-corrected chi connectivity index (χ3v) is 3.43. The Bertz CT molecular complexity index is 220. The number of hydrogen-bond acceptors (Lipinski definition) is 1. The average molecular weight is 222 g/mol. The minimum absolute atomic E-state index is 0.00260. The molecule has 2 atom stereocenters. The molecule has 0 aromatic heterocycles. The van der Waals surface area contributed by atoms with Crippen LogP contribution in [-0.2, 0) is 4.79 Å². The van der Waals surface area contributed by atoms with E-state index in [-0.39, 0.29) is 17.7 Å². The van der Waals surface area contributed by atoms with Crippen molar-refractivity contribution in [3.8, 4) is 0 Å². The van der Waals surface area contributed by atoms with Gasteiger partial charge >= 0.3 is 0 Å². The van der Waals surface area contributed by atoms with E-state index in [9.17, 15) is 9.18 Å². The van der Waals surface area contributed by atoms with Gasteiger partial charge < -0.3 is 4.90 Å². The molecule has 0 spiro atoms. The van der Waals surface area contributed by atoms with Crippen molar-refractivity contribution in [3.05, 3.63) is 0 Å². The first kappa shape index (κ1) is 11.8. The van der Waals surface area contributed by atoms with Crippen LogP contribution in [0.2, 0.25) is 0 Å². The molecule has 1 aliphatic rings. The summed E-state index contributed by atoms with van der Waals surface area (Å²) in [4.78, 5) is 13.0. The molecule has 1 saturated heterocycles. The summed E-state index contributed by atoms with van der Waals surface area (Å²) in [5, 5.41) is 0. The normalized spacial score (nSPS) is 34.0. The van der Waals surface area contributed by atoms with Gasteiger partial charge in [-0.1, -0.05) is 6.92 Å². The number of halogens is 2. The highest BCUT2D eigenvalue weighted by atomic mass is 35.5. The molecule has 0 aliphatic carbocycles. The monoisotopic (exact) mass is 221 g/mol. The first-order valence-electron chi connectivity index (χ1n) is 5.00. The maximum absolute atomic E-state index is 13.9. The highest BCUT2D eigenvalue weighted by Gasteiger charge is 2.34. The molecular weight excluding hydrogens is 205 g/mol. The molecule has 2 nitrogen and oxygen atoms in total. The minimum Gasteiger partial charge on any atom is -0.342 e. The number of rotatable bonds is 1. The molecule has 0 radical (unpaired) electrons. The SMILES string of the molecule is CC1CCN(C(=O)CCl)CCC1(C)F. The Labute approximate surface area is 89.4 Å². The second-order valence-corrected chi connectivity index (χ2v) is 4.50. The maximum Gasteiger partial charge on any atom is 0.237 e. The van der Waals surface area contributed by atoms with Gasteiger partial charge in [-0.2, -0.15) is 0 Å². The summed E-state index contributed by atoms with van der Waals surface area (Å²) in [6.45, 7) is 4.64. The number of carbonyl (C=O) groups is 1. The van der Waals surface area contributed by atoms with Gasteiger partial charge in [0.15, 0.2) is 0 Å². The summed E-state index contributed by atoms with van der Waals surface area (Å²) in [7, 11) is 0. The Morgan fingerprint density at radius 2 is 2.29 bits per heavy atom. The zero-order valence-electron chi connectivity index (χ0n) is 8.72. The molecule has 0 aromatic rings. The summed E-state index contributed by atoms with van der Waals surface area (Å²) in [5.41, 5.74) is -1.15. The van der Waals surface area contributed by atoms with Crippen LogP contribution in [0.5, 0.6) is 0 Å². The Hall–Kier alpha value is -0.310. The maximum atomic E-state index is 13.9. The largest absolute Gasteiger partial charge is 0.342 e. The quantitative estimate of drug-likeness (QED) is 0.622. The van der Waals surface area contributed by atoms with Crippen LogP contribution in [0.1, 0.15) is 26.7 Å². The molecule has 1 fully saturated rings. The van der Waals surface area contributed by atoms with Gasteiger partial charge in [0, 0.05) is 13.1 Å². The number of alkyl halides is 2. The first-order valence-corrected chi connectivity index (χ1v) is 5.53. The van der Waals surface area contributed by atoms with Crippen molar-refractivity contribution in [2.45, 2.75) is 32.4 Å². The molecule has 14 heavy (non-hydrogen) atoms. The standard InChI is InChI=1S/C10H17ClFNO/c1-8-3-5-13(9(14)7-11)6-4-10(8,2)12/h8H,3-7H2,1-2H3. The number of carbonyl (C=O) groups excluding carboxylic acids is 1. The smallest absolute Gasteiger partial charge is 0.237 e. The van der Waals surface area contributed by atoms with Crippen LogP contribution < -0.4 is 0 Å². The van der Waals surface area contributed by atoms with Crippen LogP contribution >= 0.6 is 11.6 Å². The summed E-state index contributed by atoms with van der Waals surface area (Å²) in [5.74, 6) is -0.0793. The van der Waals surface area contributed by atoms with Crippen molar-refractivity contribution in [1.29, 1.82) is 0 Å². The van der Waals surface area contributed by atoms with Crippen LogP contribution in [0.25, 0.3) is 0 Å². The topological polar surface area (TPSA) is 20.3 Å². The van der Waals surface area contributed by atoms with Gasteiger partial charge in [0.25, 0.3) is 0 Å². The lowest BCUT2D eigenvalue weighted by atomic mass is 9.88. The minimum atomic E-state index is -1.15. The molecule has 1 amide bonds. The van der Waals surface area contributed by atoms with Gasteiger partial charge in [-0.15, -0.1) is 11.6 Å². The molecule has 0 bridgehead atoms. The van der Waals surface area contributed by atoms with Gasteiger partial charge in [-0.25, -0.2) is 4.39 Å². The Morgan fingerprint density at radius 1 is 1.64 bits per heavy atom. The highest BCUT2D eigenvalue weighted by molar-refractivity contribution is 6.27. The molecule has 1 aliphatic heterocycles. The van der Waals surface area contributed by atoms with Crippen LogP contribution in [0, 0.1) is 5.92 Å². The van der Waals surface area contributed by atoms with Gasteiger partial charge in [-0.3, -0.25) is 4.79 Å². The lowest BCUT2D eigenvalue weighted by Crippen LogP contribution is -2.33. The Balaban J connectivity index is 2.60. The molecule has 82 valence electrons. The second-order valence-electron chi connectivity index (χ2n) is 4.23. The van der Waals surface area contributed by atoms with Crippen LogP contribution in [0.4, 0.5) is 4.39 Å². The van der Waals surface area contributed by atoms with Crippen LogP contribution in [0.15, 0.2) is 0 Å². The predicted octanol–water partition coefficient (Wildman–Crippen LogP) is 2.21. The number of nitrogens with zero attached hydrogens (tertiary/aromatic N) is 1. The molecule has 1 heterocycles. The molecule has 0 saturated carbocycles. The van der Waals surface area contributed by atoms with Crippen molar-refractivity contribution < 1.29 is 9.18 Å². The van der Waals surface area contributed by atoms with Crippen molar-refractivity contribution in [2.75, 3.05) is 19.0 Å². The molecule has 1 rings (SSSR count). The third kappa shape index (κ3) is 2.59. The van der Waals surface area contributed by atoms with E-state index in [4.69, 9.17) is 11.6 Å². The Kier molecular flexibility index (Phi) is 3.76. The van der Waals surface area contributed by atoms with Crippen LogP contribution in [-0.4, -0.2) is 35.4 Å². The third-order valence-electron chi connectivity index (χ3n) is 3.20. The zero-order valence-corrected chi connectivity index (χ0v) is 9.48. The van der Waals surface area contributed by atoms with E-state index in [1.807, 2.05) is 6.92 Å². The highest BCUT2D eigenvalue weighted by Crippen LogP contribution is 2.31. The van der Waals surface area contributed by atoms with Crippen molar-refractivity contribution in [2.24, 2.45) is 5.92 Å². The molecule has 4 heteroatoms. The van der Waals surface area contributed by atoms with Gasteiger partial charge in [0.05, 0.1) is 0 Å². The van der Waals surface area contributed by atoms with Gasteiger partial charge in [0.2, 0.25) is 5.91 Å². The second kappa shape index (κ2) is 4.47. The lowest BCUT2D eigenvalue weighted by Gasteiger charge is -2.24. The van der Waals surface area contributed by atoms with Crippen molar-refractivity contribution >= 4 is 17.5 Å². The van der Waals surface area contributed by atoms with Crippen LogP contribution in [0.3, 0.4) is 0 Å². The fourth-order valence-electron chi connectivity index (χ4n) is 1.70. The van der Waals surface area contributed by atoms with E-state index >= 15 is 0 Å². The predicted molar refractivity (Wildman–Crippen MR) is 55.2 cm³/mol. The van der Waals surface area contributed by atoms with Gasteiger partial charge in [0.1, 0.15) is 11.5 Å². The lowest BCUT2D eigenvalue weighted by molar-refractivity contribution is -0.128. The Morgan fingerprint density at radius 3 is 2.86 bits per heavy atom. The zero-order chi connectivity index (χ0) is 10.8. The summed E-state index contributed by atoms with van der Waals surface area (Å²) in [6.07, 6.45) is 1.13. The fourth-order valence-corrected chi connectivity index (χ4v) is 1.87. The molecule has 0 N–H and O–H groups in total. The summed E-state index contributed by atoms with van der Waals surface area (Å²) in [6, 6.07) is 0. The van der Waals surface area contributed by atoms with Crippen molar-refractivity contribution in [3.63, 3.8) is 0 Å². The van der Waals surface area contributed by atoms with E-state index in [0.29, 0.717) is 19.5 Å².